The van der Waals surface area contributed by atoms with Gasteiger partial charge in [-0.05, 0) is 49.4 Å². The van der Waals surface area contributed by atoms with Crippen molar-refractivity contribution in [2.75, 3.05) is 5.32 Å². The van der Waals surface area contributed by atoms with Gasteiger partial charge in [0.05, 0.1) is 23.3 Å². The third kappa shape index (κ3) is 2.91. The Morgan fingerprint density at radius 1 is 1.11 bits per heavy atom. The number of rotatable bonds is 3. The van der Waals surface area contributed by atoms with Crippen LogP contribution in [0.3, 0.4) is 0 Å². The minimum atomic E-state index is -0.162. The van der Waals surface area contributed by atoms with Gasteiger partial charge in [0.25, 0.3) is 0 Å². The van der Waals surface area contributed by atoms with Gasteiger partial charge in [-0.25, -0.2) is 14.2 Å². The molecule has 3 heterocycles. The molecule has 2 N–H and O–H groups in total. The van der Waals surface area contributed by atoms with Gasteiger partial charge in [0.1, 0.15) is 5.52 Å². The molecular formula is C19H21N7O. The van der Waals surface area contributed by atoms with Crippen molar-refractivity contribution in [3.63, 3.8) is 0 Å². The van der Waals surface area contributed by atoms with Gasteiger partial charge in [-0.3, -0.25) is 0 Å². The normalized spacial score (nSPS) is 20.4. The lowest BCUT2D eigenvalue weighted by molar-refractivity contribution is 0.126. The van der Waals surface area contributed by atoms with Gasteiger partial charge in [0.15, 0.2) is 0 Å². The number of fused-ring (bicyclic) bond motifs is 2. The van der Waals surface area contributed by atoms with E-state index in [2.05, 4.69) is 37.8 Å². The first-order valence-electron chi connectivity index (χ1n) is 9.26. The fourth-order valence-electron chi connectivity index (χ4n) is 3.81. The molecule has 1 aliphatic carbocycles. The summed E-state index contributed by atoms with van der Waals surface area (Å²) in [5.74, 6) is 0.623. The predicted molar refractivity (Wildman–Crippen MR) is 102 cm³/mol. The number of anilines is 1. The topological polar surface area (TPSA) is 93.2 Å². The number of aryl methyl sites for hydroxylation is 1. The van der Waals surface area contributed by atoms with Crippen LogP contribution in [0.25, 0.3) is 27.7 Å². The van der Waals surface area contributed by atoms with Crippen LogP contribution in [-0.2, 0) is 7.05 Å². The molecule has 27 heavy (non-hydrogen) atoms. The second-order valence-electron chi connectivity index (χ2n) is 7.21. The summed E-state index contributed by atoms with van der Waals surface area (Å²) in [5.41, 5.74) is 4.98. The van der Waals surface area contributed by atoms with Crippen LogP contribution < -0.4 is 5.32 Å². The average molecular weight is 363 g/mol. The zero-order valence-corrected chi connectivity index (χ0v) is 15.1. The number of aliphatic hydroxyl groups excluding tert-OH is 1. The Hall–Kier alpha value is -3.00. The highest BCUT2D eigenvalue weighted by atomic mass is 16.3. The van der Waals surface area contributed by atoms with Gasteiger partial charge in [-0.2, -0.15) is 0 Å². The van der Waals surface area contributed by atoms with Crippen LogP contribution in [0, 0.1) is 0 Å². The minimum Gasteiger partial charge on any atom is -0.393 e. The second kappa shape index (κ2) is 6.31. The Labute approximate surface area is 155 Å². The quantitative estimate of drug-likeness (QED) is 0.581. The summed E-state index contributed by atoms with van der Waals surface area (Å²) in [7, 11) is 1.89. The first-order valence-corrected chi connectivity index (χ1v) is 9.26. The molecule has 0 atom stereocenters. The molecule has 8 nitrogen and oxygen atoms in total. The molecule has 1 aromatic carbocycles. The number of hydrogen-bond acceptors (Lipinski definition) is 6. The van der Waals surface area contributed by atoms with E-state index < -0.39 is 0 Å². The first-order chi connectivity index (χ1) is 13.2. The third-order valence-electron chi connectivity index (χ3n) is 5.37. The number of aliphatic hydroxyl groups is 1. The van der Waals surface area contributed by atoms with Crippen LogP contribution in [0.2, 0.25) is 0 Å². The maximum Gasteiger partial charge on any atom is 0.241 e. The standard InChI is InChI=1S/C19H21N7O/c1-25-17-10-12(2-7-16(17)22-24-25)15-8-9-26-18(15)11-20-19(23-26)21-13-3-5-14(27)6-4-13/h2,7-11,13-14,27H,3-6H2,1H3,(H,21,23). The van der Waals surface area contributed by atoms with E-state index in [1.165, 1.54) is 0 Å². The van der Waals surface area contributed by atoms with Crippen LogP contribution >= 0.6 is 0 Å². The number of nitrogens with zero attached hydrogens (tertiary/aromatic N) is 6. The van der Waals surface area contributed by atoms with Crippen molar-refractivity contribution in [2.24, 2.45) is 7.05 Å². The Bertz CT molecular complexity index is 1110. The number of hydrogen-bond donors (Lipinski definition) is 2. The van der Waals surface area contributed by atoms with Crippen molar-refractivity contribution < 1.29 is 5.11 Å². The minimum absolute atomic E-state index is 0.162. The molecule has 1 fully saturated rings. The summed E-state index contributed by atoms with van der Waals surface area (Å²) >= 11 is 0. The Balaban J connectivity index is 1.45. The highest BCUT2D eigenvalue weighted by Crippen LogP contribution is 2.28. The van der Waals surface area contributed by atoms with Gasteiger partial charge < -0.3 is 10.4 Å². The van der Waals surface area contributed by atoms with Crippen molar-refractivity contribution in [3.05, 3.63) is 36.7 Å². The molecule has 138 valence electrons. The largest absolute Gasteiger partial charge is 0.393 e. The Morgan fingerprint density at radius 2 is 1.96 bits per heavy atom. The van der Waals surface area contributed by atoms with E-state index >= 15 is 0 Å². The smallest absolute Gasteiger partial charge is 0.241 e. The van der Waals surface area contributed by atoms with Crippen molar-refractivity contribution in [2.45, 2.75) is 37.8 Å². The molecule has 3 aromatic heterocycles. The van der Waals surface area contributed by atoms with Crippen molar-refractivity contribution >= 4 is 22.5 Å². The van der Waals surface area contributed by atoms with E-state index in [0.717, 1.165) is 53.4 Å². The van der Waals surface area contributed by atoms with Gasteiger partial charge in [0, 0.05) is 24.8 Å². The molecule has 8 heteroatoms. The lowest BCUT2D eigenvalue weighted by Crippen LogP contribution is -2.29. The fourth-order valence-corrected chi connectivity index (χ4v) is 3.81. The van der Waals surface area contributed by atoms with E-state index in [0.29, 0.717) is 12.0 Å². The molecule has 0 bridgehead atoms. The summed E-state index contributed by atoms with van der Waals surface area (Å²) in [6.07, 6.45) is 7.20. The highest BCUT2D eigenvalue weighted by Gasteiger charge is 2.20. The molecule has 0 aliphatic heterocycles. The zero-order valence-electron chi connectivity index (χ0n) is 15.1. The van der Waals surface area contributed by atoms with E-state index in [9.17, 15) is 5.11 Å². The fraction of sp³-hybridized carbons (Fsp3) is 0.368. The van der Waals surface area contributed by atoms with E-state index in [-0.39, 0.29) is 6.10 Å². The first kappa shape index (κ1) is 16.2. The number of benzene rings is 1. The Kier molecular flexibility index (Phi) is 3.78. The van der Waals surface area contributed by atoms with Crippen molar-refractivity contribution in [1.29, 1.82) is 0 Å². The molecule has 0 radical (unpaired) electrons. The van der Waals surface area contributed by atoms with E-state index in [1.54, 1.807) is 4.68 Å². The van der Waals surface area contributed by atoms with Crippen LogP contribution in [0.1, 0.15) is 25.7 Å². The Morgan fingerprint density at radius 3 is 2.81 bits per heavy atom. The van der Waals surface area contributed by atoms with E-state index in [1.807, 2.05) is 36.1 Å². The lowest BCUT2D eigenvalue weighted by Gasteiger charge is -2.26. The van der Waals surface area contributed by atoms with E-state index in [4.69, 9.17) is 0 Å². The van der Waals surface area contributed by atoms with Gasteiger partial charge >= 0.3 is 0 Å². The summed E-state index contributed by atoms with van der Waals surface area (Å²) < 4.78 is 3.63. The van der Waals surface area contributed by atoms with Crippen LogP contribution in [0.5, 0.6) is 0 Å². The monoisotopic (exact) mass is 363 g/mol. The molecule has 0 unspecified atom stereocenters. The molecule has 0 amide bonds. The third-order valence-corrected chi connectivity index (χ3v) is 5.37. The zero-order chi connectivity index (χ0) is 18.4. The van der Waals surface area contributed by atoms with Gasteiger partial charge in [-0.15, -0.1) is 10.2 Å². The van der Waals surface area contributed by atoms with Crippen molar-refractivity contribution in [3.8, 4) is 11.1 Å². The molecule has 0 saturated heterocycles. The van der Waals surface area contributed by atoms with Crippen molar-refractivity contribution in [1.82, 2.24) is 29.6 Å². The molecular weight excluding hydrogens is 342 g/mol. The second-order valence-corrected chi connectivity index (χ2v) is 7.21. The average Bonchev–Trinajstić information content (AvgIpc) is 3.27. The summed E-state index contributed by atoms with van der Waals surface area (Å²) in [4.78, 5) is 4.51. The van der Waals surface area contributed by atoms with Crippen LogP contribution in [0.15, 0.2) is 36.7 Å². The number of nitrogens with one attached hydrogen (secondary N) is 1. The SMILES string of the molecule is Cn1nnc2ccc(-c3ccn4nc(NC5CCC(O)CC5)ncc34)cc21. The molecule has 5 rings (SSSR count). The van der Waals surface area contributed by atoms with Crippen LogP contribution in [0.4, 0.5) is 5.95 Å². The summed E-state index contributed by atoms with van der Waals surface area (Å²) in [6, 6.07) is 8.49. The summed E-state index contributed by atoms with van der Waals surface area (Å²) in [5, 5.41) is 25.8. The molecule has 4 aromatic rings. The number of aromatic nitrogens is 6. The van der Waals surface area contributed by atoms with Crippen LogP contribution in [-0.4, -0.2) is 46.8 Å². The lowest BCUT2D eigenvalue weighted by atomic mass is 9.93. The highest BCUT2D eigenvalue weighted by molar-refractivity contribution is 5.87. The molecule has 1 saturated carbocycles. The van der Waals surface area contributed by atoms with Gasteiger partial charge in [-0.1, -0.05) is 11.3 Å². The maximum atomic E-state index is 9.64. The molecule has 1 aliphatic rings. The molecule has 0 spiro atoms. The summed E-state index contributed by atoms with van der Waals surface area (Å²) in [6.45, 7) is 0. The van der Waals surface area contributed by atoms with Gasteiger partial charge in [0.2, 0.25) is 5.95 Å². The maximum absolute atomic E-state index is 9.64. The predicted octanol–water partition coefficient (Wildman–Crippen LogP) is 2.39.